The smallest absolute Gasteiger partial charge is 0.352 e. The minimum atomic E-state index is -2.67. The molecular formula is C10H9F2N3O3S. The molecule has 0 atom stereocenters. The van der Waals surface area contributed by atoms with E-state index in [1.54, 1.807) is 0 Å². The lowest BCUT2D eigenvalue weighted by Crippen LogP contribution is -2.26. The third kappa shape index (κ3) is 3.25. The van der Waals surface area contributed by atoms with E-state index >= 15 is 0 Å². The Morgan fingerprint density at radius 1 is 1.58 bits per heavy atom. The summed E-state index contributed by atoms with van der Waals surface area (Å²) in [7, 11) is 0. The SMILES string of the molecule is O=C(NCCc1noc(=O)[nH]1)c1ccsc1C(F)F. The Bertz CT molecular complexity index is 619. The predicted octanol–water partition coefficient (Wildman–Crippen LogP) is 1.33. The van der Waals surface area contributed by atoms with Gasteiger partial charge < -0.3 is 5.32 Å². The van der Waals surface area contributed by atoms with Crippen molar-refractivity contribution in [3.63, 3.8) is 0 Å². The number of aromatic nitrogens is 2. The van der Waals surface area contributed by atoms with Gasteiger partial charge in [-0.25, -0.2) is 13.6 Å². The summed E-state index contributed by atoms with van der Waals surface area (Å²) in [6, 6.07) is 1.35. The van der Waals surface area contributed by atoms with E-state index in [0.717, 1.165) is 11.3 Å². The van der Waals surface area contributed by atoms with Crippen LogP contribution < -0.4 is 11.1 Å². The summed E-state index contributed by atoms with van der Waals surface area (Å²) < 4.78 is 29.4. The molecule has 0 unspecified atom stereocenters. The predicted molar refractivity (Wildman–Crippen MR) is 62.4 cm³/mol. The van der Waals surface area contributed by atoms with Crippen molar-refractivity contribution in [1.82, 2.24) is 15.5 Å². The quantitative estimate of drug-likeness (QED) is 0.869. The number of nitrogens with one attached hydrogen (secondary N) is 2. The number of H-pyrrole nitrogens is 1. The largest absolute Gasteiger partial charge is 0.438 e. The van der Waals surface area contributed by atoms with Crippen LogP contribution in [-0.2, 0) is 6.42 Å². The van der Waals surface area contributed by atoms with E-state index in [4.69, 9.17) is 0 Å². The van der Waals surface area contributed by atoms with Gasteiger partial charge in [0.05, 0.1) is 10.4 Å². The summed E-state index contributed by atoms with van der Waals surface area (Å²) in [4.78, 5) is 24.4. The Morgan fingerprint density at radius 2 is 2.37 bits per heavy atom. The highest BCUT2D eigenvalue weighted by atomic mass is 32.1. The van der Waals surface area contributed by atoms with Crippen LogP contribution in [0.25, 0.3) is 0 Å². The van der Waals surface area contributed by atoms with Gasteiger partial charge in [-0.3, -0.25) is 14.3 Å². The van der Waals surface area contributed by atoms with Gasteiger partial charge in [0, 0.05) is 13.0 Å². The first-order valence-electron chi connectivity index (χ1n) is 5.26. The minimum absolute atomic E-state index is 0.0337. The normalized spacial score (nSPS) is 10.9. The van der Waals surface area contributed by atoms with E-state index in [-0.39, 0.29) is 29.2 Å². The average molecular weight is 289 g/mol. The second kappa shape index (κ2) is 5.74. The van der Waals surface area contributed by atoms with Crippen molar-refractivity contribution in [1.29, 1.82) is 0 Å². The van der Waals surface area contributed by atoms with E-state index in [9.17, 15) is 18.4 Å². The van der Waals surface area contributed by atoms with Crippen molar-refractivity contribution in [3.05, 3.63) is 38.3 Å². The first-order chi connectivity index (χ1) is 9.08. The van der Waals surface area contributed by atoms with Crippen LogP contribution in [-0.4, -0.2) is 22.6 Å². The molecule has 2 aromatic rings. The molecule has 0 aromatic carbocycles. The molecule has 6 nitrogen and oxygen atoms in total. The Balaban J connectivity index is 1.91. The molecule has 2 N–H and O–H groups in total. The molecule has 0 aliphatic rings. The fourth-order valence-corrected chi connectivity index (χ4v) is 2.18. The van der Waals surface area contributed by atoms with Crippen LogP contribution in [0.2, 0.25) is 0 Å². The summed E-state index contributed by atoms with van der Waals surface area (Å²) in [6.45, 7) is 0.153. The number of carbonyl (C=O) groups is 1. The molecular weight excluding hydrogens is 280 g/mol. The third-order valence-corrected chi connectivity index (χ3v) is 3.19. The molecule has 0 spiro atoms. The number of alkyl halides is 2. The van der Waals surface area contributed by atoms with Crippen molar-refractivity contribution in [2.75, 3.05) is 6.54 Å². The van der Waals surface area contributed by atoms with E-state index in [2.05, 4.69) is 20.0 Å². The van der Waals surface area contributed by atoms with Gasteiger partial charge in [0.1, 0.15) is 0 Å². The summed E-state index contributed by atoms with van der Waals surface area (Å²) >= 11 is 0.833. The number of hydrogen-bond acceptors (Lipinski definition) is 5. The number of carbonyl (C=O) groups excluding carboxylic acids is 1. The highest BCUT2D eigenvalue weighted by molar-refractivity contribution is 7.10. The second-order valence-electron chi connectivity index (χ2n) is 3.55. The monoisotopic (exact) mass is 289 g/mol. The Kier molecular flexibility index (Phi) is 4.05. The summed E-state index contributed by atoms with van der Waals surface area (Å²) in [6.07, 6.45) is -2.43. The highest BCUT2D eigenvalue weighted by Gasteiger charge is 2.19. The topological polar surface area (TPSA) is 88.0 Å². The van der Waals surface area contributed by atoms with Gasteiger partial charge in [-0.1, -0.05) is 5.16 Å². The molecule has 9 heteroatoms. The van der Waals surface area contributed by atoms with Crippen molar-refractivity contribution in [2.45, 2.75) is 12.8 Å². The summed E-state index contributed by atoms with van der Waals surface area (Å²) in [5.41, 5.74) is -0.0337. The van der Waals surface area contributed by atoms with Crippen LogP contribution in [0.4, 0.5) is 8.78 Å². The first-order valence-corrected chi connectivity index (χ1v) is 6.14. The molecule has 0 radical (unpaired) electrons. The van der Waals surface area contributed by atoms with E-state index in [0.29, 0.717) is 0 Å². The van der Waals surface area contributed by atoms with Crippen LogP contribution in [0.5, 0.6) is 0 Å². The molecule has 19 heavy (non-hydrogen) atoms. The number of amides is 1. The molecule has 0 aliphatic heterocycles. The van der Waals surface area contributed by atoms with Gasteiger partial charge in [-0.15, -0.1) is 11.3 Å². The van der Waals surface area contributed by atoms with Gasteiger partial charge >= 0.3 is 5.76 Å². The lowest BCUT2D eigenvalue weighted by atomic mass is 10.2. The van der Waals surface area contributed by atoms with Crippen LogP contribution in [0.3, 0.4) is 0 Å². The van der Waals surface area contributed by atoms with Crippen molar-refractivity contribution in [3.8, 4) is 0 Å². The Hall–Kier alpha value is -2.03. The zero-order valence-electron chi connectivity index (χ0n) is 9.48. The van der Waals surface area contributed by atoms with Gasteiger partial charge in [0.2, 0.25) is 0 Å². The lowest BCUT2D eigenvalue weighted by Gasteiger charge is -2.04. The second-order valence-corrected chi connectivity index (χ2v) is 4.49. The number of nitrogens with zero attached hydrogens (tertiary/aromatic N) is 1. The van der Waals surface area contributed by atoms with Crippen molar-refractivity contribution >= 4 is 17.2 Å². The summed E-state index contributed by atoms with van der Waals surface area (Å²) in [5, 5.41) is 7.31. The molecule has 1 amide bonds. The van der Waals surface area contributed by atoms with Gasteiger partial charge in [-0.2, -0.15) is 0 Å². The van der Waals surface area contributed by atoms with Crippen LogP contribution in [0, 0.1) is 0 Å². The minimum Gasteiger partial charge on any atom is -0.352 e. The number of hydrogen-bond donors (Lipinski definition) is 2. The van der Waals surface area contributed by atoms with E-state index < -0.39 is 18.1 Å². The maximum absolute atomic E-state index is 12.6. The number of thiophene rings is 1. The zero-order valence-corrected chi connectivity index (χ0v) is 10.3. The molecule has 2 rings (SSSR count). The zero-order chi connectivity index (χ0) is 13.8. The number of aromatic amines is 1. The fraction of sp³-hybridized carbons (Fsp3) is 0.300. The summed E-state index contributed by atoms with van der Waals surface area (Å²) in [5.74, 6) is -0.980. The Morgan fingerprint density at radius 3 is 3.00 bits per heavy atom. The van der Waals surface area contributed by atoms with E-state index in [1.807, 2.05) is 0 Å². The molecule has 102 valence electrons. The van der Waals surface area contributed by atoms with Gasteiger partial charge in [-0.05, 0) is 11.4 Å². The number of rotatable bonds is 5. The molecule has 0 fully saturated rings. The standard InChI is InChI=1S/C10H9F2N3O3S/c11-8(12)7-5(2-4-19-7)9(16)13-3-1-6-14-10(17)18-15-6/h2,4,8H,1,3H2,(H,13,16)(H,14,15,17). The van der Waals surface area contributed by atoms with Crippen LogP contribution in [0.1, 0.15) is 27.5 Å². The highest BCUT2D eigenvalue weighted by Crippen LogP contribution is 2.28. The molecule has 2 aromatic heterocycles. The van der Waals surface area contributed by atoms with Crippen molar-refractivity contribution < 1.29 is 18.1 Å². The Labute approximate surface area is 109 Å². The van der Waals surface area contributed by atoms with Gasteiger partial charge in [0.25, 0.3) is 12.3 Å². The van der Waals surface area contributed by atoms with Crippen LogP contribution >= 0.6 is 11.3 Å². The average Bonchev–Trinajstić information content (AvgIpc) is 2.97. The maximum Gasteiger partial charge on any atom is 0.438 e. The molecule has 2 heterocycles. The number of halogens is 2. The van der Waals surface area contributed by atoms with Crippen LogP contribution in [0.15, 0.2) is 20.8 Å². The lowest BCUT2D eigenvalue weighted by molar-refractivity contribution is 0.0942. The third-order valence-electron chi connectivity index (χ3n) is 2.27. The maximum atomic E-state index is 12.6. The van der Waals surface area contributed by atoms with E-state index in [1.165, 1.54) is 11.4 Å². The molecule has 0 saturated carbocycles. The molecule has 0 aliphatic carbocycles. The van der Waals surface area contributed by atoms with Crippen molar-refractivity contribution in [2.24, 2.45) is 0 Å². The first kappa shape index (κ1) is 13.4. The van der Waals surface area contributed by atoms with Gasteiger partial charge in [0.15, 0.2) is 5.82 Å². The molecule has 0 saturated heterocycles. The molecule has 0 bridgehead atoms. The fourth-order valence-electron chi connectivity index (χ4n) is 1.44.